The van der Waals surface area contributed by atoms with Crippen molar-refractivity contribution >= 4 is 43.5 Å². The second kappa shape index (κ2) is 15.9. The standard InChI is InChI=1S/C66H41N3O/c1-4-18-45(19-5-1)63-67-64(48-37-38-54-53-26-14-15-30-58(53)66(59(54)40-48,49-21-6-2-7-22-49)50-23-8-3-9-24-50)69-65(68-63)57-41-60-61(55-27-13-12-25-52(55)57)56-29-16-28-51(62(56)70-60)44-34-31-43(32-35-44)47-36-33-42-17-10-11-20-46(42)39-47/h1-41H. The van der Waals surface area contributed by atoms with Crippen LogP contribution in [0.2, 0.25) is 0 Å². The summed E-state index contributed by atoms with van der Waals surface area (Å²) in [6, 6.07) is 88.7. The van der Waals surface area contributed by atoms with Crippen molar-refractivity contribution in [2.75, 3.05) is 0 Å². The number of furan rings is 1. The first-order chi connectivity index (χ1) is 34.7. The first kappa shape index (κ1) is 39.9. The van der Waals surface area contributed by atoms with Crippen molar-refractivity contribution in [3.8, 4) is 67.5 Å². The van der Waals surface area contributed by atoms with Gasteiger partial charge in [-0.2, -0.15) is 0 Å². The molecule has 0 spiro atoms. The Morgan fingerprint density at radius 2 is 0.857 bits per heavy atom. The molecule has 14 rings (SSSR count). The Balaban J connectivity index is 0.944. The van der Waals surface area contributed by atoms with Gasteiger partial charge in [-0.15, -0.1) is 0 Å². The van der Waals surface area contributed by atoms with E-state index in [4.69, 9.17) is 19.4 Å². The summed E-state index contributed by atoms with van der Waals surface area (Å²) >= 11 is 0. The van der Waals surface area contributed by atoms with Crippen LogP contribution in [0.3, 0.4) is 0 Å². The van der Waals surface area contributed by atoms with Crippen molar-refractivity contribution in [1.82, 2.24) is 15.0 Å². The lowest BCUT2D eigenvalue weighted by molar-refractivity contribution is 0.670. The van der Waals surface area contributed by atoms with Gasteiger partial charge in [-0.3, -0.25) is 0 Å². The van der Waals surface area contributed by atoms with Crippen LogP contribution in [0, 0.1) is 0 Å². The monoisotopic (exact) mass is 891 g/mol. The highest BCUT2D eigenvalue weighted by molar-refractivity contribution is 6.23. The summed E-state index contributed by atoms with van der Waals surface area (Å²) < 4.78 is 7.02. The molecule has 2 heterocycles. The minimum atomic E-state index is -0.566. The molecule has 13 aromatic rings. The number of aromatic nitrogens is 3. The van der Waals surface area contributed by atoms with Crippen molar-refractivity contribution in [2.45, 2.75) is 5.41 Å². The number of para-hydroxylation sites is 1. The van der Waals surface area contributed by atoms with Crippen LogP contribution in [-0.2, 0) is 5.41 Å². The van der Waals surface area contributed by atoms with Crippen LogP contribution in [0.4, 0.5) is 0 Å². The summed E-state index contributed by atoms with van der Waals surface area (Å²) in [6.07, 6.45) is 0. The largest absolute Gasteiger partial charge is 0.455 e. The quantitative estimate of drug-likeness (QED) is 0.160. The van der Waals surface area contributed by atoms with Crippen LogP contribution < -0.4 is 0 Å². The van der Waals surface area contributed by atoms with E-state index in [2.05, 4.69) is 231 Å². The maximum atomic E-state index is 7.02. The van der Waals surface area contributed by atoms with Gasteiger partial charge in [0.15, 0.2) is 17.5 Å². The maximum absolute atomic E-state index is 7.02. The molecule has 0 amide bonds. The van der Waals surface area contributed by atoms with Gasteiger partial charge in [-0.25, -0.2) is 15.0 Å². The molecule has 0 saturated heterocycles. The first-order valence-electron chi connectivity index (χ1n) is 23.8. The topological polar surface area (TPSA) is 51.8 Å². The highest BCUT2D eigenvalue weighted by Crippen LogP contribution is 2.56. The van der Waals surface area contributed by atoms with E-state index in [9.17, 15) is 0 Å². The van der Waals surface area contributed by atoms with E-state index in [1.807, 2.05) is 18.2 Å². The molecule has 11 aromatic carbocycles. The first-order valence-corrected chi connectivity index (χ1v) is 23.8. The summed E-state index contributed by atoms with van der Waals surface area (Å²) in [5.41, 5.74) is 15.5. The van der Waals surface area contributed by atoms with Crippen molar-refractivity contribution in [3.05, 3.63) is 271 Å². The van der Waals surface area contributed by atoms with Crippen LogP contribution in [0.1, 0.15) is 22.3 Å². The average Bonchev–Trinajstić information content (AvgIpc) is 3.97. The Bertz CT molecular complexity index is 4120. The zero-order chi connectivity index (χ0) is 46.2. The molecule has 326 valence electrons. The molecule has 70 heavy (non-hydrogen) atoms. The zero-order valence-electron chi connectivity index (χ0n) is 37.9. The predicted octanol–water partition coefficient (Wildman–Crippen LogP) is 16.8. The molecule has 0 radical (unpaired) electrons. The van der Waals surface area contributed by atoms with Crippen molar-refractivity contribution in [1.29, 1.82) is 0 Å². The fourth-order valence-electron chi connectivity index (χ4n) is 11.2. The van der Waals surface area contributed by atoms with Crippen molar-refractivity contribution in [2.24, 2.45) is 0 Å². The molecule has 0 saturated carbocycles. The average molecular weight is 892 g/mol. The van der Waals surface area contributed by atoms with Crippen LogP contribution in [0.25, 0.3) is 111 Å². The number of hydrogen-bond donors (Lipinski definition) is 0. The molecule has 1 aliphatic carbocycles. The second-order valence-electron chi connectivity index (χ2n) is 18.2. The lowest BCUT2D eigenvalue weighted by Crippen LogP contribution is -2.28. The molecule has 0 N–H and O–H groups in total. The Labute approximate surface area is 404 Å². The van der Waals surface area contributed by atoms with E-state index in [1.165, 1.54) is 55.3 Å². The summed E-state index contributed by atoms with van der Waals surface area (Å²) in [5, 5.41) is 6.72. The SMILES string of the molecule is c1ccc(-c2nc(-c3ccc4c(c3)C(c3ccccc3)(c3ccccc3)c3ccccc3-4)nc(-c3cc4oc5c(-c6ccc(-c7ccc8ccccc8c7)cc6)cccc5c4c4ccccc34)n2)cc1. The summed E-state index contributed by atoms with van der Waals surface area (Å²) in [5.74, 6) is 1.78. The molecule has 0 aliphatic heterocycles. The molecular weight excluding hydrogens is 851 g/mol. The Morgan fingerprint density at radius 3 is 1.63 bits per heavy atom. The van der Waals surface area contributed by atoms with Gasteiger partial charge in [0.1, 0.15) is 11.2 Å². The van der Waals surface area contributed by atoms with Gasteiger partial charge in [0.2, 0.25) is 0 Å². The van der Waals surface area contributed by atoms with Gasteiger partial charge < -0.3 is 4.42 Å². The summed E-state index contributed by atoms with van der Waals surface area (Å²) in [4.78, 5) is 16.0. The normalized spacial score (nSPS) is 12.7. The van der Waals surface area contributed by atoms with Gasteiger partial charge in [0.25, 0.3) is 0 Å². The van der Waals surface area contributed by atoms with Gasteiger partial charge in [0.05, 0.1) is 5.41 Å². The van der Waals surface area contributed by atoms with E-state index in [0.717, 1.165) is 60.5 Å². The molecule has 0 fully saturated rings. The van der Waals surface area contributed by atoms with E-state index in [-0.39, 0.29) is 0 Å². The fourth-order valence-corrected chi connectivity index (χ4v) is 11.2. The molecule has 1 aliphatic rings. The zero-order valence-corrected chi connectivity index (χ0v) is 37.9. The van der Waals surface area contributed by atoms with Crippen LogP contribution in [-0.4, -0.2) is 15.0 Å². The van der Waals surface area contributed by atoms with E-state index < -0.39 is 5.41 Å². The Kier molecular flexibility index (Phi) is 9.08. The van der Waals surface area contributed by atoms with Crippen molar-refractivity contribution < 1.29 is 4.42 Å². The maximum Gasteiger partial charge on any atom is 0.164 e. The number of hydrogen-bond acceptors (Lipinski definition) is 4. The summed E-state index contributed by atoms with van der Waals surface area (Å²) in [7, 11) is 0. The molecular formula is C66H41N3O. The number of benzene rings is 11. The van der Waals surface area contributed by atoms with Gasteiger partial charge >= 0.3 is 0 Å². The third-order valence-electron chi connectivity index (χ3n) is 14.4. The number of fused-ring (bicyclic) bond motifs is 9. The third-order valence-corrected chi connectivity index (χ3v) is 14.4. The molecule has 4 nitrogen and oxygen atoms in total. The Morgan fingerprint density at radius 1 is 0.300 bits per heavy atom. The van der Waals surface area contributed by atoms with E-state index in [1.54, 1.807) is 0 Å². The molecule has 0 atom stereocenters. The Hall–Kier alpha value is -9.25. The lowest BCUT2D eigenvalue weighted by atomic mass is 9.67. The van der Waals surface area contributed by atoms with Gasteiger partial charge in [-0.1, -0.05) is 231 Å². The minimum Gasteiger partial charge on any atom is -0.455 e. The van der Waals surface area contributed by atoms with Gasteiger partial charge in [-0.05, 0) is 89.8 Å². The fraction of sp³-hybridized carbons (Fsp3) is 0.0152. The highest BCUT2D eigenvalue weighted by atomic mass is 16.3. The lowest BCUT2D eigenvalue weighted by Gasteiger charge is -2.34. The minimum absolute atomic E-state index is 0.566. The van der Waals surface area contributed by atoms with Crippen molar-refractivity contribution in [3.63, 3.8) is 0 Å². The molecule has 0 bridgehead atoms. The number of rotatable bonds is 7. The predicted molar refractivity (Wildman–Crippen MR) is 287 cm³/mol. The van der Waals surface area contributed by atoms with Crippen LogP contribution in [0.5, 0.6) is 0 Å². The highest BCUT2D eigenvalue weighted by Gasteiger charge is 2.46. The van der Waals surface area contributed by atoms with E-state index in [0.29, 0.717) is 17.5 Å². The van der Waals surface area contributed by atoms with E-state index >= 15 is 0 Å². The molecule has 4 heteroatoms. The summed E-state index contributed by atoms with van der Waals surface area (Å²) in [6.45, 7) is 0. The molecule has 0 unspecified atom stereocenters. The second-order valence-corrected chi connectivity index (χ2v) is 18.2. The molecule has 2 aromatic heterocycles. The van der Waals surface area contributed by atoms with Crippen LogP contribution in [0.15, 0.2) is 253 Å². The van der Waals surface area contributed by atoms with Gasteiger partial charge in [0, 0.05) is 33.0 Å². The smallest absolute Gasteiger partial charge is 0.164 e. The third kappa shape index (κ3) is 6.20. The van der Waals surface area contributed by atoms with Crippen LogP contribution >= 0.6 is 0 Å². The number of nitrogens with zero attached hydrogens (tertiary/aromatic N) is 3.